The Balaban J connectivity index is 2.48. The van der Waals surface area contributed by atoms with Gasteiger partial charge in [0.25, 0.3) is 0 Å². The SMILES string of the molecule is CNCC1(OCC(F)(F)F)CCCCC1. The van der Waals surface area contributed by atoms with Gasteiger partial charge in [0.15, 0.2) is 0 Å². The number of ether oxygens (including phenoxy) is 1. The predicted molar refractivity (Wildman–Crippen MR) is 51.7 cm³/mol. The Labute approximate surface area is 88.2 Å². The minimum atomic E-state index is -4.22. The number of alkyl halides is 3. The first kappa shape index (κ1) is 12.8. The Hall–Kier alpha value is -0.290. The maximum Gasteiger partial charge on any atom is 0.411 e. The zero-order valence-corrected chi connectivity index (χ0v) is 8.99. The van der Waals surface area contributed by atoms with Gasteiger partial charge in [-0.1, -0.05) is 19.3 Å². The van der Waals surface area contributed by atoms with Gasteiger partial charge in [0.2, 0.25) is 0 Å². The molecule has 90 valence electrons. The fourth-order valence-corrected chi connectivity index (χ4v) is 2.13. The van der Waals surface area contributed by atoms with Crippen molar-refractivity contribution in [3.63, 3.8) is 0 Å². The van der Waals surface area contributed by atoms with Crippen molar-refractivity contribution in [3.8, 4) is 0 Å². The number of likely N-dealkylation sites (N-methyl/N-ethyl adjacent to an activating group) is 1. The largest absolute Gasteiger partial charge is 0.411 e. The zero-order chi connectivity index (χ0) is 11.4. The van der Waals surface area contributed by atoms with Crippen molar-refractivity contribution in [1.82, 2.24) is 5.32 Å². The molecule has 0 radical (unpaired) electrons. The van der Waals surface area contributed by atoms with Gasteiger partial charge >= 0.3 is 6.18 Å². The lowest BCUT2D eigenvalue weighted by atomic mass is 9.84. The van der Waals surface area contributed by atoms with Crippen LogP contribution in [-0.4, -0.2) is 32.0 Å². The summed E-state index contributed by atoms with van der Waals surface area (Å²) in [6, 6.07) is 0. The van der Waals surface area contributed by atoms with Crippen LogP contribution in [0.15, 0.2) is 0 Å². The third kappa shape index (κ3) is 4.38. The van der Waals surface area contributed by atoms with E-state index in [0.29, 0.717) is 6.54 Å². The second kappa shape index (κ2) is 5.16. The maximum absolute atomic E-state index is 12.1. The Bertz CT molecular complexity index is 182. The summed E-state index contributed by atoms with van der Waals surface area (Å²) in [5, 5.41) is 2.92. The van der Waals surface area contributed by atoms with E-state index < -0.39 is 18.4 Å². The first-order valence-electron chi connectivity index (χ1n) is 5.33. The molecule has 0 aliphatic heterocycles. The van der Waals surface area contributed by atoms with Gasteiger partial charge in [-0.2, -0.15) is 13.2 Å². The van der Waals surface area contributed by atoms with Crippen molar-refractivity contribution in [1.29, 1.82) is 0 Å². The van der Waals surface area contributed by atoms with Crippen LogP contribution in [0.3, 0.4) is 0 Å². The van der Waals surface area contributed by atoms with Gasteiger partial charge in [0.1, 0.15) is 6.61 Å². The lowest BCUT2D eigenvalue weighted by molar-refractivity contribution is -0.210. The van der Waals surface area contributed by atoms with Crippen molar-refractivity contribution in [2.45, 2.75) is 43.9 Å². The van der Waals surface area contributed by atoms with Crippen LogP contribution in [0.2, 0.25) is 0 Å². The summed E-state index contributed by atoms with van der Waals surface area (Å²) < 4.78 is 41.3. The lowest BCUT2D eigenvalue weighted by Crippen LogP contribution is -2.45. The summed E-state index contributed by atoms with van der Waals surface area (Å²) >= 11 is 0. The average molecular weight is 225 g/mol. The Morgan fingerprint density at radius 1 is 1.20 bits per heavy atom. The molecule has 0 atom stereocenters. The standard InChI is InChI=1S/C10H18F3NO/c1-14-7-9(5-3-2-4-6-9)15-8-10(11,12)13/h14H,2-8H2,1H3. The summed E-state index contributed by atoms with van der Waals surface area (Å²) in [4.78, 5) is 0. The Morgan fingerprint density at radius 2 is 1.80 bits per heavy atom. The summed E-state index contributed by atoms with van der Waals surface area (Å²) in [5.41, 5.74) is -0.595. The number of hydrogen-bond acceptors (Lipinski definition) is 2. The van der Waals surface area contributed by atoms with Crippen LogP contribution in [0.4, 0.5) is 13.2 Å². The molecule has 0 saturated heterocycles. The summed E-state index contributed by atoms with van der Waals surface area (Å²) in [5.74, 6) is 0. The van der Waals surface area contributed by atoms with Gasteiger partial charge in [0, 0.05) is 6.54 Å². The van der Waals surface area contributed by atoms with E-state index in [9.17, 15) is 13.2 Å². The molecule has 0 aromatic rings. The average Bonchev–Trinajstić information content (AvgIpc) is 2.16. The molecule has 1 N–H and O–H groups in total. The van der Waals surface area contributed by atoms with E-state index in [1.54, 1.807) is 7.05 Å². The number of nitrogens with one attached hydrogen (secondary N) is 1. The van der Waals surface area contributed by atoms with Crippen LogP contribution in [0.25, 0.3) is 0 Å². The summed E-state index contributed by atoms with van der Waals surface area (Å²) in [6.45, 7) is -0.627. The minimum Gasteiger partial charge on any atom is -0.364 e. The van der Waals surface area contributed by atoms with E-state index in [4.69, 9.17) is 4.74 Å². The van der Waals surface area contributed by atoms with E-state index >= 15 is 0 Å². The smallest absolute Gasteiger partial charge is 0.364 e. The molecule has 0 bridgehead atoms. The summed E-state index contributed by atoms with van der Waals surface area (Å²) in [6.07, 6.45) is 0.242. The maximum atomic E-state index is 12.1. The van der Waals surface area contributed by atoms with Gasteiger partial charge in [0.05, 0.1) is 5.60 Å². The van der Waals surface area contributed by atoms with Crippen molar-refractivity contribution < 1.29 is 17.9 Å². The summed E-state index contributed by atoms with van der Waals surface area (Å²) in [7, 11) is 1.74. The molecule has 0 aromatic heterocycles. The lowest BCUT2D eigenvalue weighted by Gasteiger charge is -2.37. The van der Waals surface area contributed by atoms with Crippen molar-refractivity contribution >= 4 is 0 Å². The molecule has 0 unspecified atom stereocenters. The molecule has 0 aromatic carbocycles. The van der Waals surface area contributed by atoms with Crippen molar-refractivity contribution in [3.05, 3.63) is 0 Å². The fourth-order valence-electron chi connectivity index (χ4n) is 2.13. The normalized spacial score (nSPS) is 21.6. The van der Waals surface area contributed by atoms with Crippen LogP contribution in [-0.2, 0) is 4.74 Å². The highest BCUT2D eigenvalue weighted by molar-refractivity contribution is 4.86. The van der Waals surface area contributed by atoms with E-state index in [2.05, 4.69) is 5.32 Å². The van der Waals surface area contributed by atoms with Gasteiger partial charge in [-0.05, 0) is 19.9 Å². The molecular weight excluding hydrogens is 207 g/mol. The molecule has 1 aliphatic rings. The quantitative estimate of drug-likeness (QED) is 0.793. The number of rotatable bonds is 4. The molecule has 1 rings (SSSR count). The van der Waals surface area contributed by atoms with Crippen molar-refractivity contribution in [2.24, 2.45) is 0 Å². The molecule has 1 aliphatic carbocycles. The zero-order valence-electron chi connectivity index (χ0n) is 8.99. The van der Waals surface area contributed by atoms with E-state index in [1.165, 1.54) is 0 Å². The second-order valence-electron chi connectivity index (χ2n) is 4.18. The monoisotopic (exact) mass is 225 g/mol. The highest BCUT2D eigenvalue weighted by Crippen LogP contribution is 2.32. The molecule has 0 amide bonds. The Kier molecular flexibility index (Phi) is 4.40. The van der Waals surface area contributed by atoms with Gasteiger partial charge in [-0.15, -0.1) is 0 Å². The predicted octanol–water partition coefficient (Wildman–Crippen LogP) is 2.49. The highest BCUT2D eigenvalue weighted by Gasteiger charge is 2.37. The van der Waals surface area contributed by atoms with E-state index in [1.807, 2.05) is 0 Å². The molecule has 5 heteroatoms. The van der Waals surface area contributed by atoms with Gasteiger partial charge in [-0.25, -0.2) is 0 Å². The second-order valence-corrected chi connectivity index (χ2v) is 4.18. The molecule has 2 nitrogen and oxygen atoms in total. The number of hydrogen-bond donors (Lipinski definition) is 1. The van der Waals surface area contributed by atoms with E-state index in [0.717, 1.165) is 32.1 Å². The molecule has 1 fully saturated rings. The van der Waals surface area contributed by atoms with Crippen molar-refractivity contribution in [2.75, 3.05) is 20.2 Å². The van der Waals surface area contributed by atoms with E-state index in [-0.39, 0.29) is 0 Å². The van der Waals surface area contributed by atoms with Crippen LogP contribution in [0, 0.1) is 0 Å². The van der Waals surface area contributed by atoms with Gasteiger partial charge < -0.3 is 10.1 Å². The van der Waals surface area contributed by atoms with Crippen LogP contribution < -0.4 is 5.32 Å². The fraction of sp³-hybridized carbons (Fsp3) is 1.00. The van der Waals surface area contributed by atoms with Crippen LogP contribution in [0.1, 0.15) is 32.1 Å². The third-order valence-electron chi connectivity index (χ3n) is 2.81. The minimum absolute atomic E-state index is 0.503. The topological polar surface area (TPSA) is 21.3 Å². The number of halogens is 3. The Morgan fingerprint density at radius 3 is 2.27 bits per heavy atom. The molecular formula is C10H18F3NO. The molecule has 1 saturated carbocycles. The molecule has 0 heterocycles. The highest BCUT2D eigenvalue weighted by atomic mass is 19.4. The first-order chi connectivity index (χ1) is 6.97. The first-order valence-corrected chi connectivity index (χ1v) is 5.33. The third-order valence-corrected chi connectivity index (χ3v) is 2.81. The van der Waals surface area contributed by atoms with Crippen LogP contribution in [0.5, 0.6) is 0 Å². The van der Waals surface area contributed by atoms with Crippen LogP contribution >= 0.6 is 0 Å². The molecule has 15 heavy (non-hydrogen) atoms. The van der Waals surface area contributed by atoms with Gasteiger partial charge in [-0.3, -0.25) is 0 Å². The molecule has 0 spiro atoms.